The van der Waals surface area contributed by atoms with Crippen LogP contribution >= 0.6 is 0 Å². The summed E-state index contributed by atoms with van der Waals surface area (Å²) in [5, 5.41) is 5.51. The van der Waals surface area contributed by atoms with Crippen molar-refractivity contribution in [3.05, 3.63) is 89.5 Å². The van der Waals surface area contributed by atoms with Crippen molar-refractivity contribution in [2.75, 3.05) is 22.7 Å². The largest absolute Gasteiger partial charge is 0.352 e. The monoisotopic (exact) mass is 479 g/mol. The highest BCUT2D eigenvalue weighted by atomic mass is 32.2. The summed E-state index contributed by atoms with van der Waals surface area (Å²) in [5.74, 6) is -0.865. The van der Waals surface area contributed by atoms with Gasteiger partial charge in [-0.1, -0.05) is 55.0 Å². The number of sulfonamides is 1. The molecule has 3 rings (SSSR count). The molecule has 0 bridgehead atoms. The number of nitrogens with zero attached hydrogens (tertiary/aromatic N) is 1. The number of nitrogens with one attached hydrogen (secondary N) is 2. The molecule has 0 aliphatic heterocycles. The molecule has 3 aromatic carbocycles. The van der Waals surface area contributed by atoms with Gasteiger partial charge < -0.3 is 10.6 Å². The van der Waals surface area contributed by atoms with Crippen LogP contribution in [0, 0.1) is 13.8 Å². The van der Waals surface area contributed by atoms with E-state index < -0.39 is 22.5 Å². The highest BCUT2D eigenvalue weighted by Crippen LogP contribution is 2.28. The Balaban J connectivity index is 1.94. The van der Waals surface area contributed by atoms with Gasteiger partial charge in [-0.25, -0.2) is 8.42 Å². The summed E-state index contributed by atoms with van der Waals surface area (Å²) >= 11 is 0. The van der Waals surface area contributed by atoms with Gasteiger partial charge >= 0.3 is 0 Å². The van der Waals surface area contributed by atoms with Crippen LogP contribution < -0.4 is 14.9 Å². The van der Waals surface area contributed by atoms with E-state index >= 15 is 0 Å². The van der Waals surface area contributed by atoms with Gasteiger partial charge in [0.1, 0.15) is 6.54 Å². The van der Waals surface area contributed by atoms with E-state index in [1.165, 1.54) is 12.1 Å². The Kier molecular flexibility index (Phi) is 8.07. The van der Waals surface area contributed by atoms with E-state index in [0.29, 0.717) is 23.5 Å². The van der Waals surface area contributed by atoms with Gasteiger partial charge in [0.05, 0.1) is 21.8 Å². The van der Waals surface area contributed by atoms with E-state index in [1.54, 1.807) is 61.5 Å². The first-order valence-electron chi connectivity index (χ1n) is 11.1. The fourth-order valence-electron chi connectivity index (χ4n) is 3.55. The molecule has 0 spiro atoms. The van der Waals surface area contributed by atoms with Crippen LogP contribution in [0.1, 0.15) is 34.8 Å². The summed E-state index contributed by atoms with van der Waals surface area (Å²) in [6.45, 7) is 5.73. The van der Waals surface area contributed by atoms with Crippen LogP contribution in [-0.2, 0) is 14.8 Å². The van der Waals surface area contributed by atoms with Crippen molar-refractivity contribution in [3.63, 3.8) is 0 Å². The van der Waals surface area contributed by atoms with Crippen molar-refractivity contribution >= 4 is 33.2 Å². The number of carbonyl (C=O) groups excluding carboxylic acids is 2. The molecule has 0 radical (unpaired) electrons. The number of rotatable bonds is 9. The quantitative estimate of drug-likeness (QED) is 0.479. The Bertz CT molecular complexity index is 1270. The van der Waals surface area contributed by atoms with Gasteiger partial charge in [-0.2, -0.15) is 0 Å². The van der Waals surface area contributed by atoms with Crippen LogP contribution in [0.5, 0.6) is 0 Å². The second kappa shape index (κ2) is 11.0. The minimum absolute atomic E-state index is 0.0853. The van der Waals surface area contributed by atoms with Crippen LogP contribution in [0.15, 0.2) is 77.7 Å². The van der Waals surface area contributed by atoms with Gasteiger partial charge in [-0.15, -0.1) is 0 Å². The molecule has 0 fully saturated rings. The summed E-state index contributed by atoms with van der Waals surface area (Å²) < 4.78 is 28.2. The smallest absolute Gasteiger partial charge is 0.264 e. The Labute approximate surface area is 200 Å². The lowest BCUT2D eigenvalue weighted by atomic mass is 10.1. The van der Waals surface area contributed by atoms with Crippen LogP contribution in [0.4, 0.5) is 11.4 Å². The maximum absolute atomic E-state index is 13.5. The van der Waals surface area contributed by atoms with Gasteiger partial charge in [0, 0.05) is 6.54 Å². The highest BCUT2D eigenvalue weighted by Gasteiger charge is 2.28. The fraction of sp³-hybridized carbons (Fsp3) is 0.231. The van der Waals surface area contributed by atoms with Crippen molar-refractivity contribution < 1.29 is 18.0 Å². The van der Waals surface area contributed by atoms with Gasteiger partial charge in [-0.05, 0) is 56.2 Å². The zero-order valence-corrected chi connectivity index (χ0v) is 20.4. The first-order chi connectivity index (χ1) is 16.2. The van der Waals surface area contributed by atoms with Gasteiger partial charge in [0.2, 0.25) is 5.91 Å². The first-order valence-corrected chi connectivity index (χ1v) is 12.5. The maximum Gasteiger partial charge on any atom is 0.264 e. The normalized spacial score (nSPS) is 11.0. The van der Waals surface area contributed by atoms with Crippen molar-refractivity contribution in [1.29, 1.82) is 0 Å². The lowest BCUT2D eigenvalue weighted by Crippen LogP contribution is -2.39. The summed E-state index contributed by atoms with van der Waals surface area (Å²) in [6, 6.07) is 20.0. The molecule has 0 saturated heterocycles. The van der Waals surface area contributed by atoms with Crippen molar-refractivity contribution in [2.45, 2.75) is 32.1 Å². The van der Waals surface area contributed by atoms with E-state index in [0.717, 1.165) is 21.9 Å². The minimum Gasteiger partial charge on any atom is -0.352 e. The molecule has 178 valence electrons. The fourth-order valence-corrected chi connectivity index (χ4v) is 5.06. The Hall–Kier alpha value is -3.65. The molecular formula is C26H29N3O4S. The standard InChI is InChI=1S/C26H29N3O4S/c1-4-16-27-26(31)22-12-8-9-13-23(22)28-25(30)18-29(24-15-14-19(2)17-20(24)3)34(32,33)21-10-6-5-7-11-21/h5-15,17H,4,16,18H2,1-3H3,(H,27,31)(H,28,30). The molecule has 34 heavy (non-hydrogen) atoms. The third kappa shape index (κ3) is 5.82. The summed E-state index contributed by atoms with van der Waals surface area (Å²) in [5.41, 5.74) is 2.76. The Morgan fingerprint density at radius 1 is 0.912 bits per heavy atom. The number of anilines is 2. The third-order valence-corrected chi connectivity index (χ3v) is 6.99. The lowest BCUT2D eigenvalue weighted by Gasteiger charge is -2.26. The van der Waals surface area contributed by atoms with Gasteiger partial charge in [0.15, 0.2) is 0 Å². The summed E-state index contributed by atoms with van der Waals surface area (Å²) in [7, 11) is -4.02. The first kappa shape index (κ1) is 25.0. The molecule has 7 nitrogen and oxygen atoms in total. The number of aryl methyl sites for hydroxylation is 2. The number of hydrogen-bond donors (Lipinski definition) is 2. The van der Waals surface area contributed by atoms with E-state index in [-0.39, 0.29) is 10.8 Å². The maximum atomic E-state index is 13.5. The van der Waals surface area contributed by atoms with Crippen molar-refractivity contribution in [2.24, 2.45) is 0 Å². The predicted molar refractivity (Wildman–Crippen MR) is 135 cm³/mol. The molecule has 0 aliphatic rings. The van der Waals surface area contributed by atoms with Crippen LogP contribution in [0.25, 0.3) is 0 Å². The zero-order chi connectivity index (χ0) is 24.7. The molecule has 0 aromatic heterocycles. The van der Waals surface area contributed by atoms with E-state index in [4.69, 9.17) is 0 Å². The van der Waals surface area contributed by atoms with Crippen LogP contribution in [-0.4, -0.2) is 33.3 Å². The second-order valence-electron chi connectivity index (χ2n) is 7.96. The van der Waals surface area contributed by atoms with E-state index in [2.05, 4.69) is 10.6 Å². The molecular weight excluding hydrogens is 450 g/mol. The Morgan fingerprint density at radius 3 is 2.26 bits per heavy atom. The average Bonchev–Trinajstić information content (AvgIpc) is 2.82. The molecule has 2 N–H and O–H groups in total. The topological polar surface area (TPSA) is 95.6 Å². The SMILES string of the molecule is CCCNC(=O)c1ccccc1NC(=O)CN(c1ccc(C)cc1C)S(=O)(=O)c1ccccc1. The summed E-state index contributed by atoms with van der Waals surface area (Å²) in [4.78, 5) is 25.7. The molecule has 0 heterocycles. The Morgan fingerprint density at radius 2 is 1.59 bits per heavy atom. The molecule has 2 amide bonds. The third-order valence-electron chi connectivity index (χ3n) is 5.22. The van der Waals surface area contributed by atoms with Crippen molar-refractivity contribution in [1.82, 2.24) is 5.32 Å². The van der Waals surface area contributed by atoms with Crippen molar-refractivity contribution in [3.8, 4) is 0 Å². The average molecular weight is 480 g/mol. The van der Waals surface area contributed by atoms with Gasteiger partial charge in [0.25, 0.3) is 15.9 Å². The highest BCUT2D eigenvalue weighted by molar-refractivity contribution is 7.92. The molecule has 8 heteroatoms. The lowest BCUT2D eigenvalue weighted by molar-refractivity contribution is -0.114. The minimum atomic E-state index is -4.02. The molecule has 0 saturated carbocycles. The second-order valence-corrected chi connectivity index (χ2v) is 9.83. The van der Waals surface area contributed by atoms with E-state index in [9.17, 15) is 18.0 Å². The number of benzene rings is 3. The van der Waals surface area contributed by atoms with E-state index in [1.807, 2.05) is 19.9 Å². The predicted octanol–water partition coefficient (Wildman–Crippen LogP) is 4.28. The molecule has 3 aromatic rings. The molecule has 0 unspecified atom stereocenters. The summed E-state index contributed by atoms with van der Waals surface area (Å²) in [6.07, 6.45) is 0.780. The number of carbonyl (C=O) groups is 2. The molecule has 0 aliphatic carbocycles. The number of amides is 2. The zero-order valence-electron chi connectivity index (χ0n) is 19.5. The number of para-hydroxylation sites is 1. The number of hydrogen-bond acceptors (Lipinski definition) is 4. The van der Waals surface area contributed by atoms with Crippen LogP contribution in [0.3, 0.4) is 0 Å². The molecule has 0 atom stereocenters. The van der Waals surface area contributed by atoms with Crippen LogP contribution in [0.2, 0.25) is 0 Å². The van der Waals surface area contributed by atoms with Gasteiger partial charge in [-0.3, -0.25) is 13.9 Å².